The standard InChI is InChI=1S/C20H44P2.2BrH/c1-5-9-11-13-17-21(15-7-3)19-20-22(16-8-4)18-14-12-10-6-2;;/h5-20H2,1-4H3;2*1H. The van der Waals surface area contributed by atoms with Crippen molar-refractivity contribution in [3.63, 3.8) is 0 Å². The minimum absolute atomic E-state index is 0. The van der Waals surface area contributed by atoms with E-state index in [1.54, 1.807) is 37.0 Å². The second kappa shape index (κ2) is 24.8. The van der Waals surface area contributed by atoms with Crippen molar-refractivity contribution in [3.8, 4) is 0 Å². The molecule has 0 aromatic carbocycles. The van der Waals surface area contributed by atoms with Gasteiger partial charge in [0.15, 0.2) is 0 Å². The summed E-state index contributed by atoms with van der Waals surface area (Å²) in [5.74, 6) is 0. The second-order valence-corrected chi connectivity index (χ2v) is 12.2. The average Bonchev–Trinajstić information content (AvgIpc) is 2.52. The van der Waals surface area contributed by atoms with E-state index < -0.39 is 0 Å². The third-order valence-corrected chi connectivity index (χ3v) is 10.6. The fourth-order valence-electron chi connectivity index (χ4n) is 3.11. The third-order valence-electron chi connectivity index (χ3n) is 4.47. The highest BCUT2D eigenvalue weighted by Crippen LogP contribution is 2.44. The van der Waals surface area contributed by atoms with E-state index in [1.807, 2.05) is 0 Å². The van der Waals surface area contributed by atoms with Crippen LogP contribution in [0.4, 0.5) is 0 Å². The monoisotopic (exact) mass is 506 g/mol. The minimum Gasteiger partial charge on any atom is -0.114 e. The lowest BCUT2D eigenvalue weighted by Gasteiger charge is -2.22. The van der Waals surface area contributed by atoms with E-state index >= 15 is 0 Å². The van der Waals surface area contributed by atoms with Gasteiger partial charge in [-0.05, 0) is 49.8 Å². The quantitative estimate of drug-likeness (QED) is 0.136. The Hall–Kier alpha value is 1.82. The summed E-state index contributed by atoms with van der Waals surface area (Å²) < 4.78 is 0. The molecule has 0 amide bonds. The second-order valence-electron chi connectivity index (χ2n) is 6.80. The van der Waals surface area contributed by atoms with Crippen LogP contribution in [0, 0.1) is 0 Å². The Labute approximate surface area is 178 Å². The Morgan fingerprint density at radius 2 is 0.750 bits per heavy atom. The summed E-state index contributed by atoms with van der Waals surface area (Å²) in [7, 11) is 0.748. The normalized spacial score (nSPS) is 13.0. The van der Waals surface area contributed by atoms with Crippen molar-refractivity contribution in [2.45, 2.75) is 91.9 Å². The van der Waals surface area contributed by atoms with Gasteiger partial charge in [0.1, 0.15) is 0 Å². The van der Waals surface area contributed by atoms with E-state index in [0.717, 1.165) is 0 Å². The first-order valence-corrected chi connectivity index (χ1v) is 14.0. The lowest BCUT2D eigenvalue weighted by molar-refractivity contribution is 0.703. The van der Waals surface area contributed by atoms with E-state index in [1.165, 1.54) is 64.2 Å². The molecular weight excluding hydrogens is 462 g/mol. The van der Waals surface area contributed by atoms with Crippen LogP contribution in [0.2, 0.25) is 0 Å². The number of unbranched alkanes of at least 4 members (excludes halogenated alkanes) is 6. The summed E-state index contributed by atoms with van der Waals surface area (Å²) in [6.07, 6.45) is 24.0. The summed E-state index contributed by atoms with van der Waals surface area (Å²) in [6.45, 7) is 9.43. The van der Waals surface area contributed by atoms with Crippen LogP contribution < -0.4 is 0 Å². The first-order chi connectivity index (χ1) is 10.8. The topological polar surface area (TPSA) is 0 Å². The molecule has 0 aliphatic heterocycles. The van der Waals surface area contributed by atoms with E-state index in [0.29, 0.717) is 15.8 Å². The highest BCUT2D eigenvalue weighted by Gasteiger charge is 2.12. The van der Waals surface area contributed by atoms with Crippen LogP contribution in [-0.4, -0.2) is 37.0 Å². The molecule has 0 spiro atoms. The molecule has 0 aliphatic carbocycles. The van der Waals surface area contributed by atoms with E-state index in [2.05, 4.69) is 27.7 Å². The van der Waals surface area contributed by atoms with Gasteiger partial charge in [0.05, 0.1) is 0 Å². The molecular formula is C20H46Br2P2. The molecule has 0 aromatic heterocycles. The molecule has 0 saturated carbocycles. The molecule has 0 aliphatic rings. The Morgan fingerprint density at radius 3 is 1.04 bits per heavy atom. The van der Waals surface area contributed by atoms with Crippen LogP contribution in [0.5, 0.6) is 0 Å². The molecule has 0 nitrogen and oxygen atoms in total. The maximum absolute atomic E-state index is 2.39. The molecule has 150 valence electrons. The molecule has 2 atom stereocenters. The number of hydrogen-bond acceptors (Lipinski definition) is 0. The SMILES string of the molecule is Br.Br.CCCCCCP(CCC)CCP(CCC)CCCCCC. The van der Waals surface area contributed by atoms with Crippen molar-refractivity contribution in [1.29, 1.82) is 0 Å². The molecule has 2 unspecified atom stereocenters. The zero-order valence-electron chi connectivity index (χ0n) is 17.0. The molecule has 0 radical (unpaired) electrons. The van der Waals surface area contributed by atoms with Crippen molar-refractivity contribution < 1.29 is 0 Å². The predicted octanol–water partition coefficient (Wildman–Crippen LogP) is 9.09. The summed E-state index contributed by atoms with van der Waals surface area (Å²) in [5, 5.41) is 0. The van der Waals surface area contributed by atoms with Crippen molar-refractivity contribution in [2.75, 3.05) is 37.0 Å². The number of hydrogen-bond donors (Lipinski definition) is 0. The van der Waals surface area contributed by atoms with E-state index in [-0.39, 0.29) is 34.0 Å². The minimum atomic E-state index is 0. The summed E-state index contributed by atoms with van der Waals surface area (Å²) in [5.41, 5.74) is 0. The summed E-state index contributed by atoms with van der Waals surface area (Å²) in [4.78, 5) is 0. The van der Waals surface area contributed by atoms with Crippen molar-refractivity contribution in [3.05, 3.63) is 0 Å². The molecule has 0 N–H and O–H groups in total. The van der Waals surface area contributed by atoms with E-state index in [4.69, 9.17) is 0 Å². The maximum Gasteiger partial charge on any atom is -0.0286 e. The predicted molar refractivity (Wildman–Crippen MR) is 133 cm³/mol. The third kappa shape index (κ3) is 20.1. The van der Waals surface area contributed by atoms with Gasteiger partial charge >= 0.3 is 0 Å². The van der Waals surface area contributed by atoms with Crippen LogP contribution in [0.15, 0.2) is 0 Å². The summed E-state index contributed by atoms with van der Waals surface area (Å²) in [6, 6.07) is 0. The van der Waals surface area contributed by atoms with Gasteiger partial charge in [0.25, 0.3) is 0 Å². The smallest absolute Gasteiger partial charge is 0.0286 e. The molecule has 24 heavy (non-hydrogen) atoms. The number of rotatable bonds is 17. The van der Waals surface area contributed by atoms with Crippen LogP contribution in [0.3, 0.4) is 0 Å². The van der Waals surface area contributed by atoms with Gasteiger partial charge in [-0.2, -0.15) is 0 Å². The van der Waals surface area contributed by atoms with Crippen LogP contribution in [0.25, 0.3) is 0 Å². The van der Waals surface area contributed by atoms with Gasteiger partial charge in [-0.1, -0.05) is 79.1 Å². The Kier molecular flexibility index (Phi) is 31.6. The molecule has 4 heteroatoms. The Balaban J connectivity index is -0.00000220. The van der Waals surface area contributed by atoms with Crippen LogP contribution in [-0.2, 0) is 0 Å². The van der Waals surface area contributed by atoms with Gasteiger partial charge in [0, 0.05) is 0 Å². The van der Waals surface area contributed by atoms with Gasteiger partial charge in [-0.15, -0.1) is 49.8 Å². The molecule has 0 heterocycles. The lowest BCUT2D eigenvalue weighted by atomic mass is 10.2. The highest BCUT2D eigenvalue weighted by molar-refractivity contribution is 8.93. The van der Waals surface area contributed by atoms with Crippen LogP contribution >= 0.6 is 49.8 Å². The Morgan fingerprint density at radius 1 is 0.375 bits per heavy atom. The van der Waals surface area contributed by atoms with Crippen molar-refractivity contribution >= 4 is 49.8 Å². The van der Waals surface area contributed by atoms with Gasteiger partial charge < -0.3 is 0 Å². The molecule has 0 saturated heterocycles. The van der Waals surface area contributed by atoms with Gasteiger partial charge in [0.2, 0.25) is 0 Å². The highest BCUT2D eigenvalue weighted by atomic mass is 79.9. The zero-order chi connectivity index (χ0) is 16.5. The Bertz CT molecular complexity index is 194. The van der Waals surface area contributed by atoms with Gasteiger partial charge in [-0.25, -0.2) is 0 Å². The average molecular weight is 508 g/mol. The first-order valence-electron chi connectivity index (χ1n) is 10.2. The fraction of sp³-hybridized carbons (Fsp3) is 1.00. The van der Waals surface area contributed by atoms with Crippen molar-refractivity contribution in [1.82, 2.24) is 0 Å². The zero-order valence-corrected chi connectivity index (χ0v) is 22.2. The molecule has 0 fully saturated rings. The van der Waals surface area contributed by atoms with Crippen molar-refractivity contribution in [2.24, 2.45) is 0 Å². The van der Waals surface area contributed by atoms with Gasteiger partial charge in [-0.3, -0.25) is 0 Å². The van der Waals surface area contributed by atoms with E-state index in [9.17, 15) is 0 Å². The molecule has 0 rings (SSSR count). The molecule has 0 aromatic rings. The largest absolute Gasteiger partial charge is 0.114 e. The molecule has 0 bridgehead atoms. The lowest BCUT2D eigenvalue weighted by Crippen LogP contribution is -2.02. The maximum atomic E-state index is 2.39. The first kappa shape index (κ1) is 30.5. The summed E-state index contributed by atoms with van der Waals surface area (Å²) >= 11 is 0. The number of halogens is 2. The van der Waals surface area contributed by atoms with Crippen LogP contribution in [0.1, 0.15) is 91.9 Å². The fourth-order valence-corrected chi connectivity index (χ4v) is 9.32.